The van der Waals surface area contributed by atoms with Crippen molar-refractivity contribution in [1.29, 1.82) is 0 Å². The number of benzene rings is 1. The molecule has 0 radical (unpaired) electrons. The molecule has 0 atom stereocenters. The molecule has 0 fully saturated rings. The summed E-state index contributed by atoms with van der Waals surface area (Å²) in [4.78, 5) is 16.4. The number of likely N-dealkylation sites (N-methyl/N-ethyl adjacent to an activating group) is 1. The maximum Gasteiger partial charge on any atom is 0.269 e. The minimum absolute atomic E-state index is 0.237. The van der Waals surface area contributed by atoms with Gasteiger partial charge >= 0.3 is 0 Å². The Balaban J connectivity index is 2.88. The van der Waals surface area contributed by atoms with Gasteiger partial charge < -0.3 is 9.47 Å². The number of carbonyl (C=O) groups excluding carboxylic acids is 1. The van der Waals surface area contributed by atoms with Gasteiger partial charge in [-0.2, -0.15) is 0 Å². The quantitative estimate of drug-likeness (QED) is 0.568. The lowest BCUT2D eigenvalue weighted by Gasteiger charge is -2.12. The van der Waals surface area contributed by atoms with E-state index in [1.165, 1.54) is 13.2 Å². The van der Waals surface area contributed by atoms with Crippen LogP contribution in [0, 0.1) is 0 Å². The molecule has 1 aromatic carbocycles. The number of carbonyl (C=O) groups is 1. The second kappa shape index (κ2) is 8.22. The molecule has 0 aliphatic rings. The van der Waals surface area contributed by atoms with Gasteiger partial charge in [0.25, 0.3) is 5.91 Å². The Bertz CT molecular complexity index is 471. The van der Waals surface area contributed by atoms with Crippen LogP contribution in [0.1, 0.15) is 19.4 Å². The maximum atomic E-state index is 11.6. The van der Waals surface area contributed by atoms with Crippen molar-refractivity contribution in [2.24, 2.45) is 0 Å². The van der Waals surface area contributed by atoms with Crippen molar-refractivity contribution in [1.82, 2.24) is 5.06 Å². The lowest BCUT2D eigenvalue weighted by Crippen LogP contribution is -2.22. The predicted molar refractivity (Wildman–Crippen MR) is 77.6 cm³/mol. The summed E-state index contributed by atoms with van der Waals surface area (Å²) in [6.07, 6.45) is 3.14. The van der Waals surface area contributed by atoms with Gasteiger partial charge in [0.15, 0.2) is 11.5 Å². The molecule has 0 aliphatic heterocycles. The van der Waals surface area contributed by atoms with Gasteiger partial charge in [-0.15, -0.1) is 0 Å². The molecule has 110 valence electrons. The standard InChI is InChI=1S/C15H21NO4/c1-5-19-13-9-7-12(11-14(13)20-6-2)8-10-15(17)16(3)18-4/h7-11H,5-6H2,1-4H3. The highest BCUT2D eigenvalue weighted by Gasteiger charge is 2.06. The monoisotopic (exact) mass is 279 g/mol. The van der Waals surface area contributed by atoms with Crippen molar-refractivity contribution < 1.29 is 19.1 Å². The van der Waals surface area contributed by atoms with Crippen LogP contribution in [0.5, 0.6) is 11.5 Å². The van der Waals surface area contributed by atoms with Crippen LogP contribution in [0.25, 0.3) is 6.08 Å². The second-order valence-corrected chi connectivity index (χ2v) is 3.92. The van der Waals surface area contributed by atoms with Crippen LogP contribution >= 0.6 is 0 Å². The van der Waals surface area contributed by atoms with Crippen molar-refractivity contribution in [2.75, 3.05) is 27.4 Å². The summed E-state index contributed by atoms with van der Waals surface area (Å²) in [6, 6.07) is 5.54. The van der Waals surface area contributed by atoms with Crippen LogP contribution in [0.3, 0.4) is 0 Å². The van der Waals surface area contributed by atoms with Crippen LogP contribution in [-0.4, -0.2) is 38.3 Å². The SMILES string of the molecule is CCOc1ccc(C=CC(=O)N(C)OC)cc1OCC. The number of ether oxygens (including phenoxy) is 2. The smallest absolute Gasteiger partial charge is 0.269 e. The van der Waals surface area contributed by atoms with Crippen LogP contribution in [-0.2, 0) is 9.63 Å². The van der Waals surface area contributed by atoms with Crippen LogP contribution < -0.4 is 9.47 Å². The van der Waals surface area contributed by atoms with Crippen LogP contribution in [0.4, 0.5) is 0 Å². The van der Waals surface area contributed by atoms with E-state index in [9.17, 15) is 4.79 Å². The number of hydrogen-bond acceptors (Lipinski definition) is 4. The van der Waals surface area contributed by atoms with Crippen molar-refractivity contribution in [3.05, 3.63) is 29.8 Å². The molecular formula is C15H21NO4. The Morgan fingerprint density at radius 3 is 2.45 bits per heavy atom. The lowest BCUT2D eigenvalue weighted by atomic mass is 10.2. The second-order valence-electron chi connectivity index (χ2n) is 3.92. The molecule has 0 N–H and O–H groups in total. The highest BCUT2D eigenvalue weighted by Crippen LogP contribution is 2.28. The Morgan fingerprint density at radius 1 is 1.20 bits per heavy atom. The molecular weight excluding hydrogens is 258 g/mol. The fourth-order valence-electron chi connectivity index (χ4n) is 1.53. The normalized spacial score (nSPS) is 10.6. The van der Waals surface area contributed by atoms with Gasteiger partial charge in [0.05, 0.1) is 20.3 Å². The zero-order valence-corrected chi connectivity index (χ0v) is 12.4. The summed E-state index contributed by atoms with van der Waals surface area (Å²) in [5.74, 6) is 1.13. The van der Waals surface area contributed by atoms with Crippen molar-refractivity contribution in [3.63, 3.8) is 0 Å². The molecule has 5 nitrogen and oxygen atoms in total. The van der Waals surface area contributed by atoms with E-state index >= 15 is 0 Å². The molecule has 0 unspecified atom stereocenters. The van der Waals surface area contributed by atoms with E-state index in [1.807, 2.05) is 32.0 Å². The summed E-state index contributed by atoms with van der Waals surface area (Å²) >= 11 is 0. The van der Waals surface area contributed by atoms with E-state index in [1.54, 1.807) is 13.1 Å². The van der Waals surface area contributed by atoms with Gasteiger partial charge in [-0.25, -0.2) is 5.06 Å². The van der Waals surface area contributed by atoms with E-state index in [4.69, 9.17) is 14.3 Å². The fraction of sp³-hybridized carbons (Fsp3) is 0.400. The Kier molecular flexibility index (Phi) is 6.59. The predicted octanol–water partition coefficient (Wildman–Crippen LogP) is 2.52. The zero-order valence-electron chi connectivity index (χ0n) is 12.4. The zero-order chi connectivity index (χ0) is 15.0. The van der Waals surface area contributed by atoms with Crippen molar-refractivity contribution in [2.45, 2.75) is 13.8 Å². The molecule has 0 aliphatic carbocycles. The number of amides is 1. The average molecular weight is 279 g/mol. The molecule has 5 heteroatoms. The molecule has 1 aromatic rings. The van der Waals surface area contributed by atoms with E-state index < -0.39 is 0 Å². The van der Waals surface area contributed by atoms with Crippen molar-refractivity contribution in [3.8, 4) is 11.5 Å². The van der Waals surface area contributed by atoms with Gasteiger partial charge in [0.2, 0.25) is 0 Å². The first-order chi connectivity index (χ1) is 9.62. The van der Waals surface area contributed by atoms with E-state index in [0.29, 0.717) is 24.7 Å². The molecule has 20 heavy (non-hydrogen) atoms. The third-order valence-electron chi connectivity index (χ3n) is 2.57. The number of rotatable bonds is 7. The Hall–Kier alpha value is -2.01. The minimum atomic E-state index is -0.237. The topological polar surface area (TPSA) is 48.0 Å². The minimum Gasteiger partial charge on any atom is -0.490 e. The molecule has 0 heterocycles. The number of hydroxylamine groups is 2. The van der Waals surface area contributed by atoms with E-state index in [2.05, 4.69) is 0 Å². The van der Waals surface area contributed by atoms with Gasteiger partial charge in [-0.3, -0.25) is 9.63 Å². The molecule has 1 rings (SSSR count). The molecule has 0 saturated heterocycles. The molecule has 1 amide bonds. The third-order valence-corrected chi connectivity index (χ3v) is 2.57. The van der Waals surface area contributed by atoms with E-state index in [0.717, 1.165) is 10.6 Å². The van der Waals surface area contributed by atoms with Crippen molar-refractivity contribution >= 4 is 12.0 Å². The highest BCUT2D eigenvalue weighted by atomic mass is 16.7. The number of hydrogen-bond donors (Lipinski definition) is 0. The van der Waals surface area contributed by atoms with Gasteiger partial charge in [-0.05, 0) is 37.6 Å². The first kappa shape index (κ1) is 16.0. The summed E-state index contributed by atoms with van der Waals surface area (Å²) in [6.45, 7) is 4.96. The summed E-state index contributed by atoms with van der Waals surface area (Å²) in [7, 11) is 2.99. The molecule has 0 bridgehead atoms. The molecule has 0 spiro atoms. The molecule has 0 saturated carbocycles. The summed E-state index contributed by atoms with van der Waals surface area (Å²) in [5.41, 5.74) is 0.856. The Morgan fingerprint density at radius 2 is 1.85 bits per heavy atom. The first-order valence-corrected chi connectivity index (χ1v) is 6.51. The van der Waals surface area contributed by atoms with Gasteiger partial charge in [0, 0.05) is 13.1 Å². The largest absolute Gasteiger partial charge is 0.490 e. The van der Waals surface area contributed by atoms with Crippen LogP contribution in [0.15, 0.2) is 24.3 Å². The van der Waals surface area contributed by atoms with E-state index in [-0.39, 0.29) is 5.91 Å². The summed E-state index contributed by atoms with van der Waals surface area (Å²) < 4.78 is 11.0. The van der Waals surface area contributed by atoms with Gasteiger partial charge in [-0.1, -0.05) is 6.07 Å². The molecule has 0 aromatic heterocycles. The maximum absolute atomic E-state index is 11.6. The fourth-order valence-corrected chi connectivity index (χ4v) is 1.53. The average Bonchev–Trinajstić information content (AvgIpc) is 2.46. The Labute approximate surface area is 119 Å². The third kappa shape index (κ3) is 4.59. The highest BCUT2D eigenvalue weighted by molar-refractivity contribution is 5.90. The lowest BCUT2D eigenvalue weighted by molar-refractivity contribution is -0.162. The number of nitrogens with zero attached hydrogens (tertiary/aromatic N) is 1. The van der Waals surface area contributed by atoms with Crippen LogP contribution in [0.2, 0.25) is 0 Å². The summed E-state index contributed by atoms with van der Waals surface area (Å²) in [5, 5.41) is 1.15. The van der Waals surface area contributed by atoms with Gasteiger partial charge in [0.1, 0.15) is 0 Å². The first-order valence-electron chi connectivity index (χ1n) is 6.51.